The van der Waals surface area contributed by atoms with E-state index in [0.29, 0.717) is 24.9 Å². The number of anilines is 1. The summed E-state index contributed by atoms with van der Waals surface area (Å²) >= 11 is 6.05. The van der Waals surface area contributed by atoms with Crippen molar-refractivity contribution in [2.45, 2.75) is 37.9 Å². The lowest BCUT2D eigenvalue weighted by Crippen LogP contribution is -2.49. The Labute approximate surface area is 178 Å². The molecule has 7 nitrogen and oxygen atoms in total. The van der Waals surface area contributed by atoms with Crippen LogP contribution in [0.25, 0.3) is 0 Å². The molecule has 0 aliphatic carbocycles. The molecule has 11 heteroatoms. The third kappa shape index (κ3) is 5.68. The number of nitrogens with one attached hydrogen (secondary N) is 2. The van der Waals surface area contributed by atoms with Crippen molar-refractivity contribution in [3.63, 3.8) is 0 Å². The number of rotatable bonds is 4. The van der Waals surface area contributed by atoms with Crippen molar-refractivity contribution in [3.8, 4) is 0 Å². The molecule has 1 aromatic rings. The Kier molecular flexibility index (Phi) is 7.27. The molecule has 1 amide bonds. The number of hydrogen-bond donors (Lipinski definition) is 2. The summed E-state index contributed by atoms with van der Waals surface area (Å²) in [4.78, 5) is 24.1. The molecule has 2 N–H and O–H groups in total. The Balaban J connectivity index is 1.51. The molecule has 2 saturated heterocycles. The Morgan fingerprint density at radius 1 is 1.30 bits per heavy atom. The predicted octanol–water partition coefficient (Wildman–Crippen LogP) is 2.51. The Hall–Kier alpha value is -2.23. The van der Waals surface area contributed by atoms with Gasteiger partial charge in [0, 0.05) is 45.5 Å². The molecule has 0 bridgehead atoms. The summed E-state index contributed by atoms with van der Waals surface area (Å²) in [5.74, 6) is 0.891. The van der Waals surface area contributed by atoms with Crippen molar-refractivity contribution >= 4 is 29.3 Å². The molecule has 0 radical (unpaired) electrons. The highest BCUT2D eigenvalue weighted by molar-refractivity contribution is 6.33. The number of hydrogen-bond acceptors (Lipinski definition) is 4. The quantitative estimate of drug-likeness (QED) is 0.549. The van der Waals surface area contributed by atoms with Gasteiger partial charge in [0.1, 0.15) is 5.82 Å². The zero-order valence-electron chi connectivity index (χ0n) is 16.8. The van der Waals surface area contributed by atoms with Crippen molar-refractivity contribution in [2.24, 2.45) is 4.99 Å². The Morgan fingerprint density at radius 3 is 2.67 bits per heavy atom. The van der Waals surface area contributed by atoms with Gasteiger partial charge in [-0.1, -0.05) is 11.6 Å². The predicted molar refractivity (Wildman–Crippen MR) is 110 cm³/mol. The first kappa shape index (κ1) is 22.5. The van der Waals surface area contributed by atoms with E-state index in [1.54, 1.807) is 7.05 Å². The van der Waals surface area contributed by atoms with Crippen LogP contribution in [0.15, 0.2) is 17.3 Å². The maximum absolute atomic E-state index is 12.8. The average Bonchev–Trinajstić information content (AvgIpc) is 3.19. The summed E-state index contributed by atoms with van der Waals surface area (Å²) in [6.45, 7) is 2.87. The topological polar surface area (TPSA) is 72.9 Å². The molecule has 1 atom stereocenters. The number of nitrogens with zero attached hydrogens (tertiary/aromatic N) is 4. The van der Waals surface area contributed by atoms with Gasteiger partial charge in [-0.05, 0) is 31.7 Å². The molecule has 3 heterocycles. The van der Waals surface area contributed by atoms with E-state index in [4.69, 9.17) is 11.6 Å². The normalized spacial score (nSPS) is 20.4. The van der Waals surface area contributed by atoms with Crippen molar-refractivity contribution in [1.82, 2.24) is 20.5 Å². The van der Waals surface area contributed by atoms with Gasteiger partial charge in [-0.15, -0.1) is 0 Å². The highest BCUT2D eigenvalue weighted by Gasteiger charge is 2.33. The van der Waals surface area contributed by atoms with Crippen LogP contribution in [-0.2, 0) is 11.0 Å². The van der Waals surface area contributed by atoms with Crippen LogP contribution in [-0.4, -0.2) is 67.6 Å². The minimum Gasteiger partial charge on any atom is -0.353 e. The first-order valence-corrected chi connectivity index (χ1v) is 10.4. The number of carbonyl (C=O) groups excluding carboxylic acids is 1. The van der Waals surface area contributed by atoms with Gasteiger partial charge in [0.15, 0.2) is 5.96 Å². The lowest BCUT2D eigenvalue weighted by atomic mass is 10.1. The molecule has 1 unspecified atom stereocenters. The molecule has 2 fully saturated rings. The van der Waals surface area contributed by atoms with Crippen LogP contribution in [0, 0.1) is 0 Å². The maximum atomic E-state index is 12.8. The summed E-state index contributed by atoms with van der Waals surface area (Å²) < 4.78 is 38.4. The van der Waals surface area contributed by atoms with E-state index >= 15 is 0 Å². The standard InChI is InChI=1S/C19H26ClF3N6O/c1-24-18(26-11-16(30)28-6-3-2-4-7-28)27-14-5-8-29(12-14)17-15(20)9-13(10-25-17)19(21,22)23/h9-10,14H,2-8,11-12H2,1H3,(H2,24,26,27). The SMILES string of the molecule is CN=C(NCC(=O)N1CCCCC1)NC1CCN(c2ncc(C(F)(F)F)cc2Cl)C1. The van der Waals surface area contributed by atoms with Crippen LogP contribution in [0.5, 0.6) is 0 Å². The minimum absolute atomic E-state index is 0.00134. The fraction of sp³-hybridized carbons (Fsp3) is 0.632. The van der Waals surface area contributed by atoms with E-state index in [-0.39, 0.29) is 23.5 Å². The number of alkyl halides is 3. The third-order valence-electron chi connectivity index (χ3n) is 5.32. The number of aliphatic imine (C=N–C) groups is 1. The number of guanidine groups is 1. The number of halogens is 4. The number of aromatic nitrogens is 1. The summed E-state index contributed by atoms with van der Waals surface area (Å²) in [5.41, 5.74) is -0.868. The van der Waals surface area contributed by atoms with Gasteiger partial charge in [0.25, 0.3) is 0 Å². The zero-order chi connectivity index (χ0) is 21.7. The number of likely N-dealkylation sites (tertiary alicyclic amines) is 1. The highest BCUT2D eigenvalue weighted by Crippen LogP contribution is 2.34. The second-order valence-corrected chi connectivity index (χ2v) is 7.88. The molecule has 3 rings (SSSR count). The van der Waals surface area contributed by atoms with E-state index in [9.17, 15) is 18.0 Å². The van der Waals surface area contributed by atoms with Gasteiger partial charge >= 0.3 is 6.18 Å². The van der Waals surface area contributed by atoms with Crippen molar-refractivity contribution in [3.05, 3.63) is 22.8 Å². The molecule has 30 heavy (non-hydrogen) atoms. The van der Waals surface area contributed by atoms with Crippen molar-refractivity contribution in [2.75, 3.05) is 44.7 Å². The second-order valence-electron chi connectivity index (χ2n) is 7.47. The van der Waals surface area contributed by atoms with E-state index in [0.717, 1.165) is 51.0 Å². The van der Waals surface area contributed by atoms with Crippen LogP contribution >= 0.6 is 11.6 Å². The Morgan fingerprint density at radius 2 is 2.03 bits per heavy atom. The van der Waals surface area contributed by atoms with Crippen LogP contribution < -0.4 is 15.5 Å². The van der Waals surface area contributed by atoms with Crippen LogP contribution in [0.3, 0.4) is 0 Å². The minimum atomic E-state index is -4.48. The van der Waals surface area contributed by atoms with Crippen molar-refractivity contribution < 1.29 is 18.0 Å². The first-order chi connectivity index (χ1) is 14.3. The summed E-state index contributed by atoms with van der Waals surface area (Å²) in [6.07, 6.45) is 0.299. The van der Waals surface area contributed by atoms with Crippen molar-refractivity contribution in [1.29, 1.82) is 0 Å². The molecular formula is C19H26ClF3N6O. The third-order valence-corrected chi connectivity index (χ3v) is 5.60. The largest absolute Gasteiger partial charge is 0.417 e. The lowest BCUT2D eigenvalue weighted by Gasteiger charge is -2.27. The number of piperidine rings is 1. The summed E-state index contributed by atoms with van der Waals surface area (Å²) in [7, 11) is 1.63. The second kappa shape index (κ2) is 9.72. The fourth-order valence-electron chi connectivity index (χ4n) is 3.69. The van der Waals surface area contributed by atoms with Crippen LogP contribution in [0.2, 0.25) is 5.02 Å². The van der Waals surface area contributed by atoms with E-state index in [1.165, 1.54) is 0 Å². The van der Waals surface area contributed by atoms with E-state index in [2.05, 4.69) is 20.6 Å². The molecule has 1 aromatic heterocycles. The molecule has 166 valence electrons. The fourth-order valence-corrected chi connectivity index (χ4v) is 3.98. The molecule has 2 aliphatic rings. The summed E-state index contributed by atoms with van der Waals surface area (Å²) in [6, 6.07) is 0.901. The highest BCUT2D eigenvalue weighted by atomic mass is 35.5. The van der Waals surface area contributed by atoms with Gasteiger partial charge in [0.05, 0.1) is 17.1 Å². The number of carbonyl (C=O) groups is 1. The van der Waals surface area contributed by atoms with Crippen LogP contribution in [0.4, 0.5) is 19.0 Å². The molecule has 2 aliphatic heterocycles. The monoisotopic (exact) mass is 446 g/mol. The van der Waals surface area contributed by atoms with Gasteiger partial charge < -0.3 is 20.4 Å². The molecule has 0 saturated carbocycles. The average molecular weight is 447 g/mol. The number of pyridine rings is 1. The summed E-state index contributed by atoms with van der Waals surface area (Å²) in [5, 5.41) is 6.27. The lowest BCUT2D eigenvalue weighted by molar-refractivity contribution is -0.137. The van der Waals surface area contributed by atoms with Gasteiger partial charge in [-0.3, -0.25) is 9.79 Å². The van der Waals surface area contributed by atoms with E-state index in [1.807, 2.05) is 9.80 Å². The zero-order valence-corrected chi connectivity index (χ0v) is 17.6. The Bertz CT molecular complexity index is 782. The molecular weight excluding hydrogens is 421 g/mol. The first-order valence-electron chi connectivity index (χ1n) is 10.0. The maximum Gasteiger partial charge on any atom is 0.417 e. The van der Waals surface area contributed by atoms with Gasteiger partial charge in [0.2, 0.25) is 5.91 Å². The van der Waals surface area contributed by atoms with Gasteiger partial charge in [-0.2, -0.15) is 13.2 Å². The molecule has 0 spiro atoms. The van der Waals surface area contributed by atoms with Gasteiger partial charge in [-0.25, -0.2) is 4.98 Å². The van der Waals surface area contributed by atoms with E-state index < -0.39 is 11.7 Å². The smallest absolute Gasteiger partial charge is 0.353 e. The van der Waals surface area contributed by atoms with Crippen LogP contribution in [0.1, 0.15) is 31.2 Å². The number of amides is 1. The molecule has 0 aromatic carbocycles.